The van der Waals surface area contributed by atoms with Crippen molar-refractivity contribution >= 4 is 16.5 Å². The molecule has 2 rings (SSSR count). The summed E-state index contributed by atoms with van der Waals surface area (Å²) in [4.78, 5) is 10.7. The molecule has 2 heteroatoms. The quantitative estimate of drug-likeness (QED) is 0.620. The fraction of sp³-hybridized carbons (Fsp3) is 0.167. The highest BCUT2D eigenvalue weighted by Crippen LogP contribution is 2.31. The Balaban J connectivity index is 2.97. The van der Waals surface area contributed by atoms with E-state index in [1.165, 1.54) is 5.56 Å². The molecule has 70 valence electrons. The summed E-state index contributed by atoms with van der Waals surface area (Å²) in [6, 6.07) is 9.85. The van der Waals surface area contributed by atoms with Crippen molar-refractivity contribution < 1.29 is 0 Å². The van der Waals surface area contributed by atoms with Crippen LogP contribution in [0.2, 0.25) is 0 Å². The van der Waals surface area contributed by atoms with Crippen molar-refractivity contribution in [2.45, 2.75) is 13.8 Å². The molecule has 0 aliphatic rings. The van der Waals surface area contributed by atoms with Gasteiger partial charge in [-0.05, 0) is 35.5 Å². The molecule has 0 N–H and O–H groups in total. The summed E-state index contributed by atoms with van der Waals surface area (Å²) >= 11 is 0. The Morgan fingerprint density at radius 1 is 1.00 bits per heavy atom. The molecule has 0 amide bonds. The zero-order chi connectivity index (χ0) is 10.1. The second kappa shape index (κ2) is 3.22. The number of rotatable bonds is 1. The molecule has 0 spiro atoms. The maximum atomic E-state index is 10.7. The second-order valence-electron chi connectivity index (χ2n) is 3.50. The van der Waals surface area contributed by atoms with Crippen molar-refractivity contribution in [2.75, 3.05) is 0 Å². The van der Waals surface area contributed by atoms with E-state index < -0.39 is 0 Å². The smallest absolute Gasteiger partial charge is 0.118 e. The summed E-state index contributed by atoms with van der Waals surface area (Å²) in [5.41, 5.74) is 2.69. The van der Waals surface area contributed by atoms with Gasteiger partial charge < -0.3 is 0 Å². The number of nitrogens with zero attached hydrogens (tertiary/aromatic N) is 1. The first-order valence-corrected chi connectivity index (χ1v) is 4.56. The molecule has 2 aromatic rings. The van der Waals surface area contributed by atoms with Gasteiger partial charge in [-0.25, -0.2) is 0 Å². The van der Waals surface area contributed by atoms with Gasteiger partial charge in [0, 0.05) is 5.39 Å². The molecule has 0 aromatic heterocycles. The van der Waals surface area contributed by atoms with Crippen LogP contribution in [0.4, 0.5) is 5.69 Å². The van der Waals surface area contributed by atoms with Crippen molar-refractivity contribution in [2.24, 2.45) is 5.18 Å². The molecule has 0 atom stereocenters. The molecule has 0 unspecified atom stereocenters. The average Bonchev–Trinajstić information content (AvgIpc) is 2.18. The molecule has 2 nitrogen and oxygen atoms in total. The lowest BCUT2D eigenvalue weighted by Crippen LogP contribution is -1.82. The van der Waals surface area contributed by atoms with Crippen LogP contribution in [-0.4, -0.2) is 0 Å². The predicted octanol–water partition coefficient (Wildman–Crippen LogP) is 3.85. The summed E-state index contributed by atoms with van der Waals surface area (Å²) in [6.45, 7) is 3.96. The lowest BCUT2D eigenvalue weighted by Gasteiger charge is -2.06. The maximum Gasteiger partial charge on any atom is 0.118 e. The van der Waals surface area contributed by atoms with Crippen LogP contribution in [0, 0.1) is 18.8 Å². The molecule has 0 radical (unpaired) electrons. The Morgan fingerprint density at radius 2 is 1.64 bits per heavy atom. The minimum Gasteiger partial charge on any atom is -0.145 e. The third kappa shape index (κ3) is 1.20. The van der Waals surface area contributed by atoms with Crippen molar-refractivity contribution in [1.29, 1.82) is 0 Å². The van der Waals surface area contributed by atoms with Gasteiger partial charge in [-0.2, -0.15) is 0 Å². The lowest BCUT2D eigenvalue weighted by atomic mass is 10.0. The molecular weight excluding hydrogens is 174 g/mol. The molecule has 0 saturated carbocycles. The van der Waals surface area contributed by atoms with Crippen molar-refractivity contribution in [3.8, 4) is 0 Å². The standard InChI is InChI=1S/C12H11NO/c1-8-7-9(2)12(13-14)11-6-4-3-5-10(8)11/h3-7H,1-2H3. The fourth-order valence-corrected chi connectivity index (χ4v) is 1.84. The largest absolute Gasteiger partial charge is 0.145 e. The second-order valence-corrected chi connectivity index (χ2v) is 3.50. The number of hydrogen-bond acceptors (Lipinski definition) is 2. The average molecular weight is 185 g/mol. The zero-order valence-corrected chi connectivity index (χ0v) is 8.24. The topological polar surface area (TPSA) is 29.4 Å². The summed E-state index contributed by atoms with van der Waals surface area (Å²) < 4.78 is 0. The van der Waals surface area contributed by atoms with E-state index in [2.05, 4.69) is 5.18 Å². The van der Waals surface area contributed by atoms with Crippen LogP contribution >= 0.6 is 0 Å². The van der Waals surface area contributed by atoms with Crippen LogP contribution in [0.1, 0.15) is 11.1 Å². The molecule has 0 fully saturated rings. The van der Waals surface area contributed by atoms with Gasteiger partial charge >= 0.3 is 0 Å². The van der Waals surface area contributed by atoms with E-state index in [1.807, 2.05) is 44.2 Å². The number of nitroso groups, excluding NO2 is 1. The van der Waals surface area contributed by atoms with E-state index >= 15 is 0 Å². The summed E-state index contributed by atoms with van der Waals surface area (Å²) in [6.07, 6.45) is 0. The van der Waals surface area contributed by atoms with Gasteiger partial charge in [0.2, 0.25) is 0 Å². The summed E-state index contributed by atoms with van der Waals surface area (Å²) in [5.74, 6) is 0. The van der Waals surface area contributed by atoms with Crippen LogP contribution < -0.4 is 0 Å². The number of fused-ring (bicyclic) bond motifs is 1. The van der Waals surface area contributed by atoms with Gasteiger partial charge in [0.1, 0.15) is 5.69 Å². The molecular formula is C12H11NO. The maximum absolute atomic E-state index is 10.7. The van der Waals surface area contributed by atoms with Gasteiger partial charge in [-0.15, -0.1) is 4.91 Å². The van der Waals surface area contributed by atoms with E-state index in [0.717, 1.165) is 16.3 Å². The first kappa shape index (κ1) is 8.88. The molecule has 0 heterocycles. The van der Waals surface area contributed by atoms with E-state index in [-0.39, 0.29) is 0 Å². The van der Waals surface area contributed by atoms with Gasteiger partial charge in [0.05, 0.1) is 0 Å². The monoisotopic (exact) mass is 185 g/mol. The van der Waals surface area contributed by atoms with Crippen LogP contribution in [0.25, 0.3) is 10.8 Å². The minimum absolute atomic E-state index is 0.561. The number of aryl methyl sites for hydroxylation is 2. The Bertz CT molecular complexity index is 503. The van der Waals surface area contributed by atoms with Crippen LogP contribution in [-0.2, 0) is 0 Å². The molecule has 2 aromatic carbocycles. The SMILES string of the molecule is Cc1cc(C)c2ccccc2c1N=O. The van der Waals surface area contributed by atoms with E-state index in [1.54, 1.807) is 0 Å². The normalized spacial score (nSPS) is 10.4. The fourth-order valence-electron chi connectivity index (χ4n) is 1.84. The number of benzene rings is 2. The zero-order valence-electron chi connectivity index (χ0n) is 8.24. The Labute approximate surface area is 82.5 Å². The van der Waals surface area contributed by atoms with Crippen LogP contribution in [0.5, 0.6) is 0 Å². The molecule has 0 saturated heterocycles. The van der Waals surface area contributed by atoms with E-state index in [9.17, 15) is 4.91 Å². The minimum atomic E-state index is 0.561. The van der Waals surface area contributed by atoms with Crippen LogP contribution in [0.15, 0.2) is 35.5 Å². The highest BCUT2D eigenvalue weighted by Gasteiger charge is 2.06. The molecule has 0 aliphatic heterocycles. The Hall–Kier alpha value is -1.70. The highest BCUT2D eigenvalue weighted by atomic mass is 16.3. The van der Waals surface area contributed by atoms with Gasteiger partial charge in [0.25, 0.3) is 0 Å². The number of hydrogen-bond donors (Lipinski definition) is 0. The summed E-state index contributed by atoms with van der Waals surface area (Å²) in [5, 5.41) is 5.14. The van der Waals surface area contributed by atoms with Crippen molar-refractivity contribution in [1.82, 2.24) is 0 Å². The molecule has 14 heavy (non-hydrogen) atoms. The van der Waals surface area contributed by atoms with E-state index in [4.69, 9.17) is 0 Å². The van der Waals surface area contributed by atoms with Crippen LogP contribution in [0.3, 0.4) is 0 Å². The first-order chi connectivity index (χ1) is 6.74. The van der Waals surface area contributed by atoms with Gasteiger partial charge in [0.15, 0.2) is 0 Å². The first-order valence-electron chi connectivity index (χ1n) is 4.56. The molecule has 0 bridgehead atoms. The van der Waals surface area contributed by atoms with Crippen molar-refractivity contribution in [3.05, 3.63) is 46.4 Å². The third-order valence-corrected chi connectivity index (χ3v) is 2.50. The Morgan fingerprint density at radius 3 is 2.29 bits per heavy atom. The van der Waals surface area contributed by atoms with Gasteiger partial charge in [-0.3, -0.25) is 0 Å². The highest BCUT2D eigenvalue weighted by molar-refractivity contribution is 5.96. The van der Waals surface area contributed by atoms with Crippen molar-refractivity contribution in [3.63, 3.8) is 0 Å². The van der Waals surface area contributed by atoms with E-state index in [0.29, 0.717) is 5.69 Å². The molecule has 0 aliphatic carbocycles. The lowest BCUT2D eigenvalue weighted by molar-refractivity contribution is 1.38. The third-order valence-electron chi connectivity index (χ3n) is 2.50. The predicted molar refractivity (Wildman–Crippen MR) is 58.9 cm³/mol. The Kier molecular flexibility index (Phi) is 2.04. The summed E-state index contributed by atoms with van der Waals surface area (Å²) in [7, 11) is 0. The van der Waals surface area contributed by atoms with Gasteiger partial charge in [-0.1, -0.05) is 30.3 Å².